The van der Waals surface area contributed by atoms with Gasteiger partial charge < -0.3 is 19.3 Å². The van der Waals surface area contributed by atoms with Crippen LogP contribution in [-0.4, -0.2) is 56.5 Å². The molecular formula is C24H48N2O2. The zero-order chi connectivity index (χ0) is 20.3. The molecule has 166 valence electrons. The van der Waals surface area contributed by atoms with E-state index < -0.39 is 0 Å². The van der Waals surface area contributed by atoms with E-state index >= 15 is 0 Å². The normalized spacial score (nSPS) is 15.0. The Morgan fingerprint density at radius 3 is 1.79 bits per heavy atom. The highest BCUT2D eigenvalue weighted by atomic mass is 16.5. The van der Waals surface area contributed by atoms with Crippen LogP contribution in [0.15, 0.2) is 12.4 Å². The Morgan fingerprint density at radius 2 is 1.32 bits per heavy atom. The molecule has 0 amide bonds. The summed E-state index contributed by atoms with van der Waals surface area (Å²) in [6.07, 6.45) is 23.9. The summed E-state index contributed by atoms with van der Waals surface area (Å²) in [4.78, 5) is 4.44. The minimum absolute atomic E-state index is 0.155. The van der Waals surface area contributed by atoms with Crippen LogP contribution in [0.25, 0.3) is 0 Å². The third-order valence-corrected chi connectivity index (χ3v) is 5.65. The number of ether oxygens (including phenoxy) is 2. The van der Waals surface area contributed by atoms with Gasteiger partial charge >= 0.3 is 0 Å². The first kappa shape index (κ1) is 25.3. The topological polar surface area (TPSA) is 24.9 Å². The van der Waals surface area contributed by atoms with Crippen LogP contribution in [0.3, 0.4) is 0 Å². The summed E-state index contributed by atoms with van der Waals surface area (Å²) in [5.41, 5.74) is 0. The maximum Gasteiger partial charge on any atom is 0.0979 e. The number of hydrogen-bond donors (Lipinski definition) is 0. The first-order valence-electron chi connectivity index (χ1n) is 12.0. The molecule has 28 heavy (non-hydrogen) atoms. The highest BCUT2D eigenvalue weighted by Crippen LogP contribution is 2.13. The van der Waals surface area contributed by atoms with Crippen molar-refractivity contribution < 1.29 is 9.47 Å². The second-order valence-electron chi connectivity index (χ2n) is 8.50. The number of nitrogens with zero attached hydrogens (tertiary/aromatic N) is 2. The molecule has 0 saturated heterocycles. The molecule has 1 rings (SSSR count). The van der Waals surface area contributed by atoms with Gasteiger partial charge in [-0.25, -0.2) is 0 Å². The molecule has 0 aliphatic carbocycles. The van der Waals surface area contributed by atoms with E-state index in [4.69, 9.17) is 9.47 Å². The van der Waals surface area contributed by atoms with Crippen LogP contribution < -0.4 is 0 Å². The molecule has 0 N–H and O–H groups in total. The quantitative estimate of drug-likeness (QED) is 0.230. The van der Waals surface area contributed by atoms with Crippen LogP contribution in [0, 0.1) is 0 Å². The fraction of sp³-hybridized carbons (Fsp3) is 0.917. The summed E-state index contributed by atoms with van der Waals surface area (Å²) < 4.78 is 11.4. The zero-order valence-electron chi connectivity index (χ0n) is 19.2. The van der Waals surface area contributed by atoms with Gasteiger partial charge in [0.05, 0.1) is 19.4 Å². The fourth-order valence-electron chi connectivity index (χ4n) is 3.78. The van der Waals surface area contributed by atoms with Gasteiger partial charge in [-0.1, -0.05) is 90.4 Å². The van der Waals surface area contributed by atoms with Crippen molar-refractivity contribution in [2.45, 2.75) is 103 Å². The van der Waals surface area contributed by atoms with Gasteiger partial charge in [-0.2, -0.15) is 0 Å². The average Bonchev–Trinajstić information content (AvgIpc) is 3.11. The van der Waals surface area contributed by atoms with Crippen molar-refractivity contribution >= 4 is 0 Å². The Hall–Kier alpha value is -0.740. The molecule has 0 saturated carbocycles. The molecule has 4 heteroatoms. The summed E-state index contributed by atoms with van der Waals surface area (Å²) in [7, 11) is 3.87. The van der Waals surface area contributed by atoms with Crippen molar-refractivity contribution in [1.29, 1.82) is 0 Å². The molecule has 0 aromatic heterocycles. The molecular weight excluding hydrogens is 348 g/mol. The molecule has 1 aliphatic heterocycles. The summed E-state index contributed by atoms with van der Waals surface area (Å²) >= 11 is 0. The predicted octanol–water partition coefficient (Wildman–Crippen LogP) is 6.18. The zero-order valence-corrected chi connectivity index (χ0v) is 19.2. The predicted molar refractivity (Wildman–Crippen MR) is 120 cm³/mol. The van der Waals surface area contributed by atoms with Crippen molar-refractivity contribution in [3.05, 3.63) is 12.4 Å². The molecule has 4 nitrogen and oxygen atoms in total. The fourth-order valence-corrected chi connectivity index (χ4v) is 3.78. The molecule has 0 aromatic rings. The van der Waals surface area contributed by atoms with Gasteiger partial charge in [-0.3, -0.25) is 0 Å². The SMILES string of the molecule is CCCCCCCCCCCCCCCCOCC(CN1C=CN(C)C1)OC. The van der Waals surface area contributed by atoms with Gasteiger partial charge in [-0.15, -0.1) is 0 Å². The lowest BCUT2D eigenvalue weighted by molar-refractivity contribution is -0.00571. The van der Waals surface area contributed by atoms with Gasteiger partial charge in [0.15, 0.2) is 0 Å². The molecule has 0 radical (unpaired) electrons. The highest BCUT2D eigenvalue weighted by Gasteiger charge is 2.15. The second-order valence-corrected chi connectivity index (χ2v) is 8.50. The van der Waals surface area contributed by atoms with E-state index in [1.54, 1.807) is 7.11 Å². The molecule has 0 spiro atoms. The third-order valence-electron chi connectivity index (χ3n) is 5.65. The van der Waals surface area contributed by atoms with E-state index in [0.717, 1.165) is 19.8 Å². The number of hydrogen-bond acceptors (Lipinski definition) is 4. The van der Waals surface area contributed by atoms with Gasteiger partial charge in [-0.05, 0) is 6.42 Å². The van der Waals surface area contributed by atoms with Crippen molar-refractivity contribution in [1.82, 2.24) is 9.80 Å². The van der Waals surface area contributed by atoms with Crippen LogP contribution in [0.2, 0.25) is 0 Å². The molecule has 1 unspecified atom stereocenters. The van der Waals surface area contributed by atoms with Crippen molar-refractivity contribution in [2.75, 3.05) is 40.6 Å². The third kappa shape index (κ3) is 14.3. The molecule has 0 aromatic carbocycles. The Kier molecular flexibility index (Phi) is 16.5. The second kappa shape index (κ2) is 18.3. The molecule has 1 aliphatic rings. The Balaban J connectivity index is 1.78. The largest absolute Gasteiger partial charge is 0.379 e. The standard InChI is InChI=1S/C24H48N2O2/c1-4-5-6-7-8-9-10-11-12-13-14-15-16-17-20-28-22-24(27-3)21-26-19-18-25(2)23-26/h18-19,24H,4-17,20-23H2,1-3H3. The molecule has 1 heterocycles. The van der Waals surface area contributed by atoms with Crippen LogP contribution in [0.5, 0.6) is 0 Å². The van der Waals surface area contributed by atoms with Crippen molar-refractivity contribution in [2.24, 2.45) is 0 Å². The van der Waals surface area contributed by atoms with Crippen molar-refractivity contribution in [3.63, 3.8) is 0 Å². The highest BCUT2D eigenvalue weighted by molar-refractivity contribution is 4.89. The van der Waals surface area contributed by atoms with Crippen molar-refractivity contribution in [3.8, 4) is 0 Å². The van der Waals surface area contributed by atoms with Gasteiger partial charge in [0, 0.05) is 39.7 Å². The Labute approximate surface area is 175 Å². The first-order chi connectivity index (χ1) is 13.8. The molecule has 0 bridgehead atoms. The van der Waals surface area contributed by atoms with Crippen LogP contribution in [0.4, 0.5) is 0 Å². The summed E-state index contributed by atoms with van der Waals surface area (Å²) in [5.74, 6) is 0. The Morgan fingerprint density at radius 1 is 0.786 bits per heavy atom. The smallest absolute Gasteiger partial charge is 0.0979 e. The van der Waals surface area contributed by atoms with Gasteiger partial charge in [0.25, 0.3) is 0 Å². The minimum Gasteiger partial charge on any atom is -0.379 e. The summed E-state index contributed by atoms with van der Waals surface area (Å²) in [5, 5.41) is 0. The Bertz CT molecular complexity index is 363. The van der Waals surface area contributed by atoms with E-state index in [9.17, 15) is 0 Å². The monoisotopic (exact) mass is 396 g/mol. The maximum absolute atomic E-state index is 5.84. The maximum atomic E-state index is 5.84. The minimum atomic E-state index is 0.155. The molecule has 1 atom stereocenters. The summed E-state index contributed by atoms with van der Waals surface area (Å²) in [6, 6.07) is 0. The van der Waals surface area contributed by atoms with Crippen LogP contribution in [0.1, 0.15) is 96.8 Å². The van der Waals surface area contributed by atoms with Gasteiger partial charge in [0.1, 0.15) is 0 Å². The van der Waals surface area contributed by atoms with Gasteiger partial charge in [0.2, 0.25) is 0 Å². The first-order valence-corrected chi connectivity index (χ1v) is 12.0. The van der Waals surface area contributed by atoms with Crippen LogP contribution in [-0.2, 0) is 9.47 Å². The summed E-state index contributed by atoms with van der Waals surface area (Å²) in [6.45, 7) is 5.70. The lowest BCUT2D eigenvalue weighted by atomic mass is 10.0. The molecule has 0 fully saturated rings. The number of unbranched alkanes of at least 4 members (excludes halogenated alkanes) is 13. The lowest BCUT2D eigenvalue weighted by Gasteiger charge is -2.23. The van der Waals surface area contributed by atoms with E-state index in [0.29, 0.717) is 6.61 Å². The number of methoxy groups -OCH3 is 1. The average molecular weight is 397 g/mol. The van der Waals surface area contributed by atoms with E-state index in [1.807, 2.05) is 0 Å². The van der Waals surface area contributed by atoms with E-state index in [2.05, 4.69) is 36.2 Å². The number of rotatable bonds is 20. The lowest BCUT2D eigenvalue weighted by Crippen LogP contribution is -2.34. The van der Waals surface area contributed by atoms with E-state index in [1.165, 1.54) is 89.9 Å². The van der Waals surface area contributed by atoms with Crippen LogP contribution >= 0.6 is 0 Å². The van der Waals surface area contributed by atoms with E-state index in [-0.39, 0.29) is 6.10 Å².